The molecule has 43 heavy (non-hydrogen) atoms. The smallest absolute Gasteiger partial charge is 0.264 e. The number of para-hydroxylation sites is 2. The number of benzene rings is 4. The monoisotopic (exact) mass is 576 g/mol. The Morgan fingerprint density at radius 1 is 0.581 bits per heavy atom. The van der Waals surface area contributed by atoms with Crippen LogP contribution in [0.1, 0.15) is 56.1 Å². The quantitative estimate of drug-likeness (QED) is 0.0838. The molecular weight excluding hydrogens is 540 g/mol. The summed E-state index contributed by atoms with van der Waals surface area (Å²) in [4.78, 5) is 24.1. The number of hydrogen-bond acceptors (Lipinski definition) is 6. The van der Waals surface area contributed by atoms with Gasteiger partial charge in [0.2, 0.25) is 5.91 Å². The van der Waals surface area contributed by atoms with Gasteiger partial charge in [-0.25, -0.2) is 0 Å². The van der Waals surface area contributed by atoms with Crippen molar-refractivity contribution in [2.75, 3.05) is 0 Å². The summed E-state index contributed by atoms with van der Waals surface area (Å²) in [7, 11) is 0. The lowest BCUT2D eigenvalue weighted by Crippen LogP contribution is -2.20. The average molecular weight is 577 g/mol. The SMILES string of the molecule is NC(=O)CCCCCCCC(=O)N(N=Cc1cccc(Oc2ccccc2)c1)N=Cc1cccc(Oc2ccccc2)c1. The number of ether oxygens (including phenoxy) is 2. The fourth-order valence-corrected chi connectivity index (χ4v) is 4.17. The standard InChI is InChI=1S/C35H36N4O4/c36-34(40)22-10-2-1-3-11-23-35(41)39(37-26-28-14-12-20-32(24-28)42-30-16-6-4-7-17-30)38-27-29-15-13-21-33(25-29)43-31-18-8-5-9-19-31/h4-9,12-21,24-27H,1-3,10-11,22-23H2,(H2,36,40). The number of nitrogens with two attached hydrogens (primary N) is 1. The third kappa shape index (κ3) is 11.3. The van der Waals surface area contributed by atoms with Crippen LogP contribution in [-0.2, 0) is 9.59 Å². The summed E-state index contributed by atoms with van der Waals surface area (Å²) < 4.78 is 11.9. The van der Waals surface area contributed by atoms with Gasteiger partial charge in [-0.05, 0) is 72.5 Å². The minimum Gasteiger partial charge on any atom is -0.457 e. The molecule has 0 aliphatic carbocycles. The molecule has 0 atom stereocenters. The van der Waals surface area contributed by atoms with Crippen molar-refractivity contribution < 1.29 is 19.1 Å². The van der Waals surface area contributed by atoms with Crippen molar-refractivity contribution >= 4 is 24.2 Å². The summed E-state index contributed by atoms with van der Waals surface area (Å²) in [5.74, 6) is 2.26. The molecule has 0 heterocycles. The van der Waals surface area contributed by atoms with Gasteiger partial charge < -0.3 is 15.2 Å². The van der Waals surface area contributed by atoms with Gasteiger partial charge in [-0.1, -0.05) is 79.9 Å². The Morgan fingerprint density at radius 2 is 1.02 bits per heavy atom. The molecule has 0 aromatic heterocycles. The van der Waals surface area contributed by atoms with Gasteiger partial charge in [0.15, 0.2) is 0 Å². The first-order chi connectivity index (χ1) is 21.0. The Morgan fingerprint density at radius 3 is 1.51 bits per heavy atom. The average Bonchev–Trinajstić information content (AvgIpc) is 3.02. The number of unbranched alkanes of at least 4 members (excludes halogenated alkanes) is 4. The van der Waals surface area contributed by atoms with Gasteiger partial charge in [0.1, 0.15) is 23.0 Å². The first-order valence-corrected chi connectivity index (χ1v) is 14.4. The fraction of sp³-hybridized carbons (Fsp3) is 0.200. The van der Waals surface area contributed by atoms with Crippen LogP contribution in [0.2, 0.25) is 0 Å². The van der Waals surface area contributed by atoms with Crippen LogP contribution in [0.15, 0.2) is 119 Å². The predicted molar refractivity (Wildman–Crippen MR) is 169 cm³/mol. The van der Waals surface area contributed by atoms with Gasteiger partial charge in [-0.2, -0.15) is 10.2 Å². The molecule has 8 nitrogen and oxygen atoms in total. The molecule has 0 saturated heterocycles. The summed E-state index contributed by atoms with van der Waals surface area (Å²) in [6.07, 6.45) is 8.02. The van der Waals surface area contributed by atoms with E-state index < -0.39 is 0 Å². The van der Waals surface area contributed by atoms with Crippen LogP contribution < -0.4 is 15.2 Å². The highest BCUT2D eigenvalue weighted by atomic mass is 16.5. The first kappa shape index (κ1) is 30.7. The Labute approximate surface area is 252 Å². The number of carbonyl (C=O) groups excluding carboxylic acids is 2. The van der Waals surface area contributed by atoms with Gasteiger partial charge in [0.25, 0.3) is 5.91 Å². The van der Waals surface area contributed by atoms with E-state index in [1.54, 1.807) is 12.4 Å². The molecule has 0 radical (unpaired) electrons. The molecule has 0 fully saturated rings. The Balaban J connectivity index is 1.43. The van der Waals surface area contributed by atoms with E-state index in [-0.39, 0.29) is 11.8 Å². The highest BCUT2D eigenvalue weighted by Gasteiger charge is 2.11. The maximum Gasteiger partial charge on any atom is 0.264 e. The zero-order valence-corrected chi connectivity index (χ0v) is 24.0. The van der Waals surface area contributed by atoms with E-state index in [9.17, 15) is 9.59 Å². The molecule has 0 unspecified atom stereocenters. The van der Waals surface area contributed by atoms with Gasteiger partial charge in [0, 0.05) is 12.8 Å². The number of hydrazone groups is 2. The number of amides is 2. The topological polar surface area (TPSA) is 107 Å². The lowest BCUT2D eigenvalue weighted by Gasteiger charge is -2.11. The fourth-order valence-electron chi connectivity index (χ4n) is 4.17. The molecule has 4 rings (SSSR count). The molecule has 0 spiro atoms. The number of carbonyl (C=O) groups is 2. The van der Waals surface area contributed by atoms with Gasteiger partial charge in [0.05, 0.1) is 12.4 Å². The molecule has 8 heteroatoms. The van der Waals surface area contributed by atoms with Crippen molar-refractivity contribution in [3.8, 4) is 23.0 Å². The molecule has 2 N–H and O–H groups in total. The van der Waals surface area contributed by atoms with Crippen LogP contribution >= 0.6 is 0 Å². The van der Waals surface area contributed by atoms with Crippen molar-refractivity contribution in [2.24, 2.45) is 15.9 Å². The van der Waals surface area contributed by atoms with E-state index in [4.69, 9.17) is 15.2 Å². The lowest BCUT2D eigenvalue weighted by molar-refractivity contribution is -0.131. The van der Waals surface area contributed by atoms with Crippen molar-refractivity contribution in [3.63, 3.8) is 0 Å². The molecule has 4 aromatic carbocycles. The summed E-state index contributed by atoms with van der Waals surface area (Å²) in [6.45, 7) is 0. The second kappa shape index (κ2) is 16.9. The van der Waals surface area contributed by atoms with Crippen molar-refractivity contribution in [1.29, 1.82) is 0 Å². The lowest BCUT2D eigenvalue weighted by atomic mass is 10.1. The van der Waals surface area contributed by atoms with Gasteiger partial charge in [-0.15, -0.1) is 5.12 Å². The van der Waals surface area contributed by atoms with E-state index in [1.807, 2.05) is 109 Å². The predicted octanol–water partition coefficient (Wildman–Crippen LogP) is 7.68. The number of primary amides is 1. The van der Waals surface area contributed by atoms with E-state index in [0.717, 1.165) is 53.4 Å². The zero-order valence-electron chi connectivity index (χ0n) is 24.0. The van der Waals surface area contributed by atoms with E-state index >= 15 is 0 Å². The van der Waals surface area contributed by atoms with Gasteiger partial charge in [-0.3, -0.25) is 9.59 Å². The van der Waals surface area contributed by atoms with Crippen LogP contribution in [-0.4, -0.2) is 29.4 Å². The Hall–Kier alpha value is -5.24. The minimum atomic E-state index is -0.282. The van der Waals surface area contributed by atoms with E-state index in [2.05, 4.69) is 10.2 Å². The van der Waals surface area contributed by atoms with Crippen LogP contribution in [0.25, 0.3) is 0 Å². The van der Waals surface area contributed by atoms with E-state index in [1.165, 1.54) is 0 Å². The zero-order chi connectivity index (χ0) is 30.1. The van der Waals surface area contributed by atoms with Crippen molar-refractivity contribution in [1.82, 2.24) is 5.12 Å². The van der Waals surface area contributed by atoms with Crippen LogP contribution in [0.4, 0.5) is 0 Å². The number of rotatable bonds is 16. The molecule has 4 aromatic rings. The van der Waals surface area contributed by atoms with Gasteiger partial charge >= 0.3 is 0 Å². The molecule has 220 valence electrons. The summed E-state index contributed by atoms with van der Waals surface area (Å²) >= 11 is 0. The molecule has 0 aliphatic rings. The Kier molecular flexibility index (Phi) is 12.1. The first-order valence-electron chi connectivity index (χ1n) is 14.4. The maximum atomic E-state index is 13.2. The molecular formula is C35H36N4O4. The molecule has 0 bridgehead atoms. The summed E-state index contributed by atoms with van der Waals surface area (Å²) in [5, 5.41) is 9.96. The molecule has 0 saturated carbocycles. The van der Waals surface area contributed by atoms with Crippen molar-refractivity contribution in [2.45, 2.75) is 44.9 Å². The highest BCUT2D eigenvalue weighted by Crippen LogP contribution is 2.23. The minimum absolute atomic E-state index is 0.224. The Bertz CT molecular complexity index is 1410. The normalized spacial score (nSPS) is 11.1. The third-order valence-corrected chi connectivity index (χ3v) is 6.34. The third-order valence-electron chi connectivity index (χ3n) is 6.34. The van der Waals surface area contributed by atoms with Crippen molar-refractivity contribution in [3.05, 3.63) is 120 Å². The van der Waals surface area contributed by atoms with Crippen LogP contribution in [0.5, 0.6) is 23.0 Å². The second-order valence-corrected chi connectivity index (χ2v) is 9.88. The summed E-state index contributed by atoms with van der Waals surface area (Å²) in [5.41, 5.74) is 6.72. The van der Waals surface area contributed by atoms with E-state index in [0.29, 0.717) is 30.8 Å². The molecule has 0 aliphatic heterocycles. The van der Waals surface area contributed by atoms with Crippen LogP contribution in [0, 0.1) is 0 Å². The molecule has 2 amide bonds. The second-order valence-electron chi connectivity index (χ2n) is 9.88. The summed E-state index contributed by atoms with van der Waals surface area (Å²) in [6, 6.07) is 33.9. The maximum absolute atomic E-state index is 13.2. The largest absolute Gasteiger partial charge is 0.457 e. The number of nitrogens with zero attached hydrogens (tertiary/aromatic N) is 3. The highest BCUT2D eigenvalue weighted by molar-refractivity contribution is 5.85. The van der Waals surface area contributed by atoms with Crippen LogP contribution in [0.3, 0.4) is 0 Å². The number of hydrogen-bond donors (Lipinski definition) is 1.